The normalized spacial score (nSPS) is 54.2. The number of aliphatic hydroxyl groups is 11. The highest BCUT2D eigenvalue weighted by atomic mass is 16.8. The molecule has 9 rings (SSSR count). The van der Waals surface area contributed by atoms with E-state index in [1.165, 1.54) is 12.5 Å². The number of ether oxygens (including phenoxy) is 8. The van der Waals surface area contributed by atoms with Crippen molar-refractivity contribution in [3.63, 3.8) is 0 Å². The minimum atomic E-state index is -1.72. The fraction of sp³-hybridized carbons (Fsp3) is 0.942. The lowest BCUT2D eigenvalue weighted by Gasteiger charge is -2.71. The van der Waals surface area contributed by atoms with E-state index in [-0.39, 0.29) is 58.7 Å². The third-order valence-corrected chi connectivity index (χ3v) is 20.6. The highest BCUT2D eigenvalue weighted by Crippen LogP contribution is 2.76. The van der Waals surface area contributed by atoms with Gasteiger partial charge in [0.25, 0.3) is 0 Å². The average molecular weight is 1030 g/mol. The maximum Gasteiger partial charge on any atom is 0.315 e. The van der Waals surface area contributed by atoms with Gasteiger partial charge in [0.05, 0.1) is 37.4 Å². The van der Waals surface area contributed by atoms with Gasteiger partial charge in [-0.05, 0) is 116 Å². The van der Waals surface area contributed by atoms with Crippen molar-refractivity contribution in [1.29, 1.82) is 0 Å². The number of fused-ring (bicyclic) bond motifs is 7. The lowest BCUT2D eigenvalue weighted by Crippen LogP contribution is -2.66. The third kappa shape index (κ3) is 8.87. The van der Waals surface area contributed by atoms with E-state index < -0.39 is 134 Å². The van der Waals surface area contributed by atoms with Crippen LogP contribution in [0.1, 0.15) is 120 Å². The molecule has 9 aliphatic rings. The fourth-order valence-corrected chi connectivity index (χ4v) is 15.9. The molecule has 8 fully saturated rings. The lowest BCUT2D eigenvalue weighted by atomic mass is 9.33. The number of esters is 1. The summed E-state index contributed by atoms with van der Waals surface area (Å²) in [5, 5.41) is 118. The van der Waals surface area contributed by atoms with Crippen LogP contribution < -0.4 is 0 Å². The number of rotatable bonds is 9. The van der Waals surface area contributed by atoms with Gasteiger partial charge in [-0.25, -0.2) is 0 Å². The van der Waals surface area contributed by atoms with Gasteiger partial charge in [0.15, 0.2) is 18.9 Å². The molecule has 26 atom stereocenters. The molecule has 72 heavy (non-hydrogen) atoms. The van der Waals surface area contributed by atoms with Crippen LogP contribution in [0, 0.1) is 50.2 Å². The second-order valence-corrected chi connectivity index (χ2v) is 25.4. The number of aliphatic hydroxyl groups excluding tert-OH is 11. The van der Waals surface area contributed by atoms with Crippen molar-refractivity contribution in [2.24, 2.45) is 50.2 Å². The van der Waals surface area contributed by atoms with Crippen LogP contribution in [-0.2, 0) is 42.7 Å². The standard InChI is InChI=1S/C52H84O20/c1-23-32(56)41(71-42-36(60)33(57)26(54)21-65-42)39(63)45(67-23)70-40-27(55)22-66-43(38(40)62)69-31-12-13-49(6)29(48(31,4)5)11-14-51(8)30(49)10-9-24-25-19-47(2,3)15-17-52(25,18-16-50(24,51)7)46(64)72-44-37(61)35(59)34(58)28(20-53)68-44/h9,23,25-45,53-63H,10-22H2,1-8H3/t23-,25-,26+,27+,28+,29-,30+,31-,32-,33-,34+,35-,36+,37+,38+,39+,40-,41+,42-,43-,44-,45-,49-,50+,51+,52-/m0/s1. The van der Waals surface area contributed by atoms with Crippen LogP contribution in [0.25, 0.3) is 0 Å². The van der Waals surface area contributed by atoms with Gasteiger partial charge in [0.2, 0.25) is 6.29 Å². The summed E-state index contributed by atoms with van der Waals surface area (Å²) in [6, 6.07) is 0. The quantitative estimate of drug-likeness (QED) is 0.0839. The number of hydrogen-bond donors (Lipinski definition) is 11. The molecule has 4 heterocycles. The van der Waals surface area contributed by atoms with E-state index in [4.69, 9.17) is 37.9 Å². The van der Waals surface area contributed by atoms with Crippen molar-refractivity contribution >= 4 is 5.97 Å². The van der Waals surface area contributed by atoms with Gasteiger partial charge in [-0.15, -0.1) is 0 Å². The topological polar surface area (TPSA) is 313 Å². The van der Waals surface area contributed by atoms with Crippen molar-refractivity contribution in [3.05, 3.63) is 11.6 Å². The molecule has 0 unspecified atom stereocenters. The summed E-state index contributed by atoms with van der Waals surface area (Å²) in [6.45, 7) is 16.5. The SMILES string of the molecule is C[C@@H]1O[C@@H](O[C@@H]2[C@@H](O)[C@H](O[C@H]3CC[C@]4(C)[C@H]5CC=C6[C@@H]7CC(C)(C)CC[C@]7(C(=O)O[C@@H]7O[C@H](CO)[C@@H](O)[C@H](O)[C@H]7O)CC[C@@]6(C)[C@]5(C)CC[C@H]4C3(C)C)OC[C@H]2O)[C@H](O)[C@H](O[C@@H]2OC[C@@H](O)[C@H](O)[C@H]2O)[C@H]1O. The molecular weight excluding hydrogens is 945 g/mol. The Balaban J connectivity index is 0.897. The first-order chi connectivity index (χ1) is 33.7. The zero-order valence-corrected chi connectivity index (χ0v) is 43.1. The number of allylic oxidation sites excluding steroid dienone is 2. The summed E-state index contributed by atoms with van der Waals surface area (Å²) < 4.78 is 47.4. The molecule has 11 N–H and O–H groups in total. The van der Waals surface area contributed by atoms with Crippen molar-refractivity contribution in [3.8, 4) is 0 Å². The fourth-order valence-electron chi connectivity index (χ4n) is 15.9. The molecule has 5 aliphatic carbocycles. The molecule has 0 radical (unpaired) electrons. The molecule has 4 aliphatic heterocycles. The van der Waals surface area contributed by atoms with Gasteiger partial charge in [0.1, 0.15) is 79.4 Å². The summed E-state index contributed by atoms with van der Waals surface area (Å²) in [4.78, 5) is 14.7. The van der Waals surface area contributed by atoms with Crippen LogP contribution in [0.15, 0.2) is 11.6 Å². The first-order valence-corrected chi connectivity index (χ1v) is 26.5. The van der Waals surface area contributed by atoms with Crippen molar-refractivity contribution in [2.75, 3.05) is 19.8 Å². The molecule has 0 aromatic rings. The average Bonchev–Trinajstić information content (AvgIpc) is 3.32. The van der Waals surface area contributed by atoms with Gasteiger partial charge in [-0.3, -0.25) is 4.79 Å². The van der Waals surface area contributed by atoms with Crippen molar-refractivity contribution < 1.29 is 98.9 Å². The van der Waals surface area contributed by atoms with Gasteiger partial charge in [-0.1, -0.05) is 60.1 Å². The first-order valence-electron chi connectivity index (χ1n) is 26.5. The van der Waals surface area contributed by atoms with Gasteiger partial charge >= 0.3 is 5.97 Å². The summed E-state index contributed by atoms with van der Waals surface area (Å²) in [6.07, 6.45) is -16.8. The van der Waals surface area contributed by atoms with E-state index in [1.807, 2.05) is 0 Å². The van der Waals surface area contributed by atoms with Crippen molar-refractivity contribution in [1.82, 2.24) is 0 Å². The van der Waals surface area contributed by atoms with Crippen LogP contribution in [0.5, 0.6) is 0 Å². The molecule has 0 aromatic heterocycles. The predicted octanol–water partition coefficient (Wildman–Crippen LogP) is 0.271. The zero-order valence-electron chi connectivity index (χ0n) is 43.1. The Bertz CT molecular complexity index is 1990. The smallest absolute Gasteiger partial charge is 0.315 e. The molecule has 4 saturated heterocycles. The number of carbonyl (C=O) groups excluding carboxylic acids is 1. The summed E-state index contributed by atoms with van der Waals surface area (Å²) in [7, 11) is 0. The molecule has 4 saturated carbocycles. The number of hydrogen-bond acceptors (Lipinski definition) is 20. The monoisotopic (exact) mass is 1030 g/mol. The summed E-state index contributed by atoms with van der Waals surface area (Å²) in [5.74, 6) is -0.131. The third-order valence-electron chi connectivity index (χ3n) is 20.6. The highest BCUT2D eigenvalue weighted by molar-refractivity contribution is 5.79. The Morgan fingerprint density at radius 1 is 0.625 bits per heavy atom. The Morgan fingerprint density at radius 3 is 1.94 bits per heavy atom. The van der Waals surface area contributed by atoms with E-state index in [0.717, 1.165) is 44.9 Å². The zero-order chi connectivity index (χ0) is 52.4. The molecule has 412 valence electrons. The lowest BCUT2D eigenvalue weighted by molar-refractivity contribution is -0.371. The van der Waals surface area contributed by atoms with Crippen LogP contribution in [0.2, 0.25) is 0 Å². The minimum Gasteiger partial charge on any atom is -0.432 e. The van der Waals surface area contributed by atoms with Crippen LogP contribution in [0.4, 0.5) is 0 Å². The van der Waals surface area contributed by atoms with E-state index in [1.54, 1.807) is 0 Å². The Kier molecular flexibility index (Phi) is 15.2. The Labute approximate surface area is 421 Å². The highest BCUT2D eigenvalue weighted by Gasteiger charge is 2.70. The predicted molar refractivity (Wildman–Crippen MR) is 249 cm³/mol. The summed E-state index contributed by atoms with van der Waals surface area (Å²) in [5.41, 5.74) is -0.574. The second-order valence-electron chi connectivity index (χ2n) is 25.4. The Hall–Kier alpha value is -1.51. The molecule has 20 nitrogen and oxygen atoms in total. The molecule has 20 heteroatoms. The van der Waals surface area contributed by atoms with Gasteiger partial charge < -0.3 is 94.1 Å². The second kappa shape index (κ2) is 19.7. The molecule has 0 amide bonds. The molecule has 0 bridgehead atoms. The molecule has 0 spiro atoms. The number of carbonyl (C=O) groups is 1. The molecular formula is C52H84O20. The largest absolute Gasteiger partial charge is 0.432 e. The van der Waals surface area contributed by atoms with E-state index >= 15 is 0 Å². The van der Waals surface area contributed by atoms with Crippen LogP contribution in [0.3, 0.4) is 0 Å². The van der Waals surface area contributed by atoms with E-state index in [9.17, 15) is 61.0 Å². The summed E-state index contributed by atoms with van der Waals surface area (Å²) >= 11 is 0. The minimum absolute atomic E-state index is 0.0562. The van der Waals surface area contributed by atoms with Crippen molar-refractivity contribution in [2.45, 2.75) is 236 Å². The Morgan fingerprint density at radius 2 is 1.25 bits per heavy atom. The van der Waals surface area contributed by atoms with Crippen LogP contribution in [-0.4, -0.2) is 199 Å². The van der Waals surface area contributed by atoms with E-state index in [0.29, 0.717) is 19.3 Å². The van der Waals surface area contributed by atoms with Gasteiger partial charge in [-0.2, -0.15) is 0 Å². The van der Waals surface area contributed by atoms with Gasteiger partial charge in [0, 0.05) is 0 Å². The molecule has 0 aromatic carbocycles. The maximum atomic E-state index is 14.7. The van der Waals surface area contributed by atoms with Crippen LogP contribution >= 0.6 is 0 Å². The van der Waals surface area contributed by atoms with E-state index in [2.05, 4.69) is 54.5 Å². The maximum absolute atomic E-state index is 14.7. The first kappa shape index (κ1) is 55.3.